The van der Waals surface area contributed by atoms with Gasteiger partial charge in [-0.05, 0) is 44.0 Å². The lowest BCUT2D eigenvalue weighted by Gasteiger charge is -2.33. The molecule has 18 heavy (non-hydrogen) atoms. The molecule has 1 fully saturated rings. The van der Waals surface area contributed by atoms with Crippen molar-refractivity contribution in [3.8, 4) is 11.8 Å². The molecule has 0 saturated carbocycles. The molecule has 1 heteroatoms. The van der Waals surface area contributed by atoms with Crippen molar-refractivity contribution in [2.45, 2.75) is 39.2 Å². The minimum Gasteiger partial charge on any atom is -0.290 e. The smallest absolute Gasteiger partial charge is 0.0741 e. The molecule has 0 spiro atoms. The number of hydrogen-bond donors (Lipinski definition) is 0. The van der Waals surface area contributed by atoms with Gasteiger partial charge in [0.05, 0.1) is 6.04 Å². The number of likely N-dealkylation sites (tertiary alicyclic amines) is 1. The minimum absolute atomic E-state index is 0.408. The molecule has 0 aromatic heterocycles. The molecule has 1 aromatic carbocycles. The quantitative estimate of drug-likeness (QED) is 0.716. The second-order valence-corrected chi connectivity index (χ2v) is 5.42. The summed E-state index contributed by atoms with van der Waals surface area (Å²) in [5.74, 6) is 7.41. The summed E-state index contributed by atoms with van der Waals surface area (Å²) in [6, 6.07) is 10.7. The third kappa shape index (κ3) is 3.62. The van der Waals surface area contributed by atoms with Gasteiger partial charge in [-0.3, -0.25) is 4.90 Å². The number of rotatable bonds is 2. The first-order chi connectivity index (χ1) is 8.77. The first-order valence-corrected chi connectivity index (χ1v) is 7.08. The lowest BCUT2D eigenvalue weighted by atomic mass is 9.99. The summed E-state index contributed by atoms with van der Waals surface area (Å²) in [5.41, 5.74) is 1.13. The van der Waals surface area contributed by atoms with Crippen LogP contribution in [0.4, 0.5) is 0 Å². The van der Waals surface area contributed by atoms with Gasteiger partial charge >= 0.3 is 0 Å². The molecule has 0 bridgehead atoms. The van der Waals surface area contributed by atoms with E-state index in [9.17, 15) is 0 Å². The first kappa shape index (κ1) is 13.2. The van der Waals surface area contributed by atoms with Gasteiger partial charge < -0.3 is 0 Å². The van der Waals surface area contributed by atoms with Crippen molar-refractivity contribution in [2.24, 2.45) is 5.92 Å². The van der Waals surface area contributed by atoms with Gasteiger partial charge in [-0.25, -0.2) is 0 Å². The molecule has 1 saturated heterocycles. The maximum atomic E-state index is 3.48. The van der Waals surface area contributed by atoms with E-state index in [2.05, 4.69) is 54.9 Å². The Morgan fingerprint density at radius 2 is 1.67 bits per heavy atom. The summed E-state index contributed by atoms with van der Waals surface area (Å²) >= 11 is 0. The molecular weight excluding hydrogens is 218 g/mol. The van der Waals surface area contributed by atoms with E-state index in [-0.39, 0.29) is 0 Å². The maximum Gasteiger partial charge on any atom is 0.0741 e. The molecule has 0 amide bonds. The zero-order chi connectivity index (χ0) is 12.8. The van der Waals surface area contributed by atoms with E-state index in [0.29, 0.717) is 12.0 Å². The third-order valence-electron chi connectivity index (χ3n) is 3.55. The number of hydrogen-bond acceptors (Lipinski definition) is 1. The second-order valence-electron chi connectivity index (χ2n) is 5.42. The molecule has 1 aliphatic rings. The number of nitrogens with zero attached hydrogens (tertiary/aromatic N) is 1. The van der Waals surface area contributed by atoms with Gasteiger partial charge in [0.1, 0.15) is 0 Å². The molecule has 1 atom stereocenters. The van der Waals surface area contributed by atoms with Gasteiger partial charge in [0.15, 0.2) is 0 Å². The van der Waals surface area contributed by atoms with Crippen LogP contribution in [0, 0.1) is 17.8 Å². The van der Waals surface area contributed by atoms with Crippen molar-refractivity contribution in [1.29, 1.82) is 0 Å². The lowest BCUT2D eigenvalue weighted by molar-refractivity contribution is 0.165. The standard InChI is InChI=1S/C17H23N/c1-15(2)17(18-13-7-4-8-14-18)12-11-16-9-5-3-6-10-16/h3,5-6,9-10,15,17H,4,7-8,13-14H2,1-2H3/t17-/m1/s1. The zero-order valence-electron chi connectivity index (χ0n) is 11.5. The van der Waals surface area contributed by atoms with Crippen LogP contribution in [-0.2, 0) is 0 Å². The highest BCUT2D eigenvalue weighted by molar-refractivity contribution is 5.35. The predicted molar refractivity (Wildman–Crippen MR) is 77.4 cm³/mol. The highest BCUT2D eigenvalue weighted by Gasteiger charge is 2.21. The number of piperidine rings is 1. The normalized spacial score (nSPS) is 18.2. The van der Waals surface area contributed by atoms with E-state index < -0.39 is 0 Å². The molecule has 1 heterocycles. The van der Waals surface area contributed by atoms with Crippen molar-refractivity contribution in [3.63, 3.8) is 0 Å². The highest BCUT2D eigenvalue weighted by Crippen LogP contribution is 2.17. The molecule has 2 rings (SSSR count). The van der Waals surface area contributed by atoms with Crippen LogP contribution in [0.3, 0.4) is 0 Å². The van der Waals surface area contributed by atoms with Gasteiger partial charge in [-0.2, -0.15) is 0 Å². The first-order valence-electron chi connectivity index (χ1n) is 7.08. The summed E-state index contributed by atoms with van der Waals surface area (Å²) in [7, 11) is 0. The second kappa shape index (κ2) is 6.61. The van der Waals surface area contributed by atoms with Crippen LogP contribution < -0.4 is 0 Å². The van der Waals surface area contributed by atoms with E-state index in [1.165, 1.54) is 32.4 Å². The Labute approximate surface area is 111 Å². The molecule has 0 aliphatic carbocycles. The molecule has 0 unspecified atom stereocenters. The summed E-state index contributed by atoms with van der Waals surface area (Å²) < 4.78 is 0. The highest BCUT2D eigenvalue weighted by atomic mass is 15.2. The maximum absolute atomic E-state index is 3.48. The van der Waals surface area contributed by atoms with E-state index in [4.69, 9.17) is 0 Å². The average Bonchev–Trinajstić information content (AvgIpc) is 2.41. The van der Waals surface area contributed by atoms with Crippen LogP contribution in [0.1, 0.15) is 38.7 Å². The van der Waals surface area contributed by atoms with E-state index in [0.717, 1.165) is 5.56 Å². The minimum atomic E-state index is 0.408. The molecule has 0 radical (unpaired) electrons. The molecule has 96 valence electrons. The molecule has 1 aromatic rings. The summed E-state index contributed by atoms with van der Waals surface area (Å²) in [6.45, 7) is 6.98. The topological polar surface area (TPSA) is 3.24 Å². The van der Waals surface area contributed by atoms with Crippen LogP contribution in [0.15, 0.2) is 30.3 Å². The number of benzene rings is 1. The Hall–Kier alpha value is -1.26. The zero-order valence-corrected chi connectivity index (χ0v) is 11.5. The fraction of sp³-hybridized carbons (Fsp3) is 0.529. The van der Waals surface area contributed by atoms with E-state index >= 15 is 0 Å². The van der Waals surface area contributed by atoms with Crippen LogP contribution in [-0.4, -0.2) is 24.0 Å². The van der Waals surface area contributed by atoms with Gasteiger partial charge in [0.2, 0.25) is 0 Å². The summed E-state index contributed by atoms with van der Waals surface area (Å²) in [5, 5.41) is 0. The molecule has 1 nitrogen and oxygen atoms in total. The Balaban J connectivity index is 2.09. The fourth-order valence-electron chi connectivity index (χ4n) is 2.55. The van der Waals surface area contributed by atoms with Crippen molar-refractivity contribution in [3.05, 3.63) is 35.9 Å². The van der Waals surface area contributed by atoms with Crippen LogP contribution in [0.5, 0.6) is 0 Å². The SMILES string of the molecule is CC(C)[C@@H](C#Cc1ccccc1)N1CCCCC1. The van der Waals surface area contributed by atoms with E-state index in [1.54, 1.807) is 0 Å². The Morgan fingerprint density at radius 3 is 2.28 bits per heavy atom. The Morgan fingerprint density at radius 1 is 1.00 bits per heavy atom. The monoisotopic (exact) mass is 241 g/mol. The predicted octanol–water partition coefficient (Wildman–Crippen LogP) is 3.55. The van der Waals surface area contributed by atoms with Gasteiger partial charge in [-0.15, -0.1) is 0 Å². The summed E-state index contributed by atoms with van der Waals surface area (Å²) in [6.07, 6.45) is 4.04. The van der Waals surface area contributed by atoms with Crippen molar-refractivity contribution >= 4 is 0 Å². The van der Waals surface area contributed by atoms with Crippen molar-refractivity contribution in [1.82, 2.24) is 4.90 Å². The summed E-state index contributed by atoms with van der Waals surface area (Å²) in [4.78, 5) is 2.56. The van der Waals surface area contributed by atoms with E-state index in [1.807, 2.05) is 6.07 Å². The molecular formula is C17H23N. The Bertz CT molecular complexity index is 404. The fourth-order valence-corrected chi connectivity index (χ4v) is 2.55. The molecule has 0 N–H and O–H groups in total. The van der Waals surface area contributed by atoms with Crippen LogP contribution in [0.2, 0.25) is 0 Å². The van der Waals surface area contributed by atoms with Crippen LogP contribution in [0.25, 0.3) is 0 Å². The lowest BCUT2D eigenvalue weighted by Crippen LogP contribution is -2.41. The van der Waals surface area contributed by atoms with Gasteiger partial charge in [0, 0.05) is 5.56 Å². The third-order valence-corrected chi connectivity index (χ3v) is 3.55. The largest absolute Gasteiger partial charge is 0.290 e. The average molecular weight is 241 g/mol. The molecule has 1 aliphatic heterocycles. The van der Waals surface area contributed by atoms with Crippen molar-refractivity contribution in [2.75, 3.05) is 13.1 Å². The van der Waals surface area contributed by atoms with Crippen molar-refractivity contribution < 1.29 is 0 Å². The Kier molecular flexibility index (Phi) is 4.84. The van der Waals surface area contributed by atoms with Gasteiger partial charge in [-0.1, -0.05) is 50.3 Å². The van der Waals surface area contributed by atoms with Crippen LogP contribution >= 0.6 is 0 Å². The van der Waals surface area contributed by atoms with Gasteiger partial charge in [0.25, 0.3) is 0 Å².